The van der Waals surface area contributed by atoms with E-state index >= 15 is 0 Å². The van der Waals surface area contributed by atoms with Crippen molar-refractivity contribution in [2.24, 2.45) is 0 Å². The highest BCUT2D eigenvalue weighted by Crippen LogP contribution is 2.49. The van der Waals surface area contributed by atoms with Gasteiger partial charge in [-0.15, -0.1) is 11.8 Å². The fourth-order valence-corrected chi connectivity index (χ4v) is 5.39. The Labute approximate surface area is 173 Å². The van der Waals surface area contributed by atoms with E-state index in [1.807, 2.05) is 67.5 Å². The van der Waals surface area contributed by atoms with Gasteiger partial charge in [0.25, 0.3) is 0 Å². The van der Waals surface area contributed by atoms with Crippen molar-refractivity contribution in [3.8, 4) is 0 Å². The minimum Gasteiger partial charge on any atom is -0.297 e. The summed E-state index contributed by atoms with van der Waals surface area (Å²) in [6, 6.07) is 19.1. The molecule has 1 heterocycles. The molecule has 0 unspecified atom stereocenters. The van der Waals surface area contributed by atoms with E-state index in [1.54, 1.807) is 12.1 Å². The maximum absolute atomic E-state index is 13.4. The van der Waals surface area contributed by atoms with Crippen molar-refractivity contribution in [1.82, 2.24) is 4.90 Å². The number of halogens is 1. The molecule has 0 saturated carbocycles. The average Bonchev–Trinajstić information content (AvgIpc) is 2.72. The van der Waals surface area contributed by atoms with Crippen LogP contribution >= 0.6 is 11.8 Å². The summed E-state index contributed by atoms with van der Waals surface area (Å²) < 4.78 is 13.4. The van der Waals surface area contributed by atoms with E-state index in [-0.39, 0.29) is 22.0 Å². The van der Waals surface area contributed by atoms with Crippen LogP contribution in [0.2, 0.25) is 0 Å². The smallest absolute Gasteiger partial charge is 0.248 e. The van der Waals surface area contributed by atoms with Gasteiger partial charge >= 0.3 is 0 Å². The first kappa shape index (κ1) is 19.6. The number of nitrogens with zero attached hydrogens (tertiary/aromatic N) is 2. The lowest BCUT2D eigenvalue weighted by atomic mass is 9.93. The summed E-state index contributed by atoms with van der Waals surface area (Å²) in [5, 5.41) is 13.9. The molecule has 1 aliphatic rings. The van der Waals surface area contributed by atoms with Crippen LogP contribution in [0.1, 0.15) is 16.4 Å². The molecular weight excluding hydrogens is 387 g/mol. The number of hydrogen-bond donors (Lipinski definition) is 0. The molecule has 0 fully saturated rings. The molecule has 0 N–H and O–H groups in total. The second-order valence-corrected chi connectivity index (χ2v) is 8.56. The molecule has 4 nitrogen and oxygen atoms in total. The van der Waals surface area contributed by atoms with Crippen LogP contribution in [-0.4, -0.2) is 36.0 Å². The van der Waals surface area contributed by atoms with E-state index in [0.29, 0.717) is 0 Å². The van der Waals surface area contributed by atoms with E-state index < -0.39 is 6.04 Å². The summed E-state index contributed by atoms with van der Waals surface area (Å²) >= 11 is 1.49. The van der Waals surface area contributed by atoms with E-state index in [0.717, 1.165) is 26.8 Å². The van der Waals surface area contributed by atoms with Gasteiger partial charge in [-0.3, -0.25) is 15.0 Å². The van der Waals surface area contributed by atoms with Crippen molar-refractivity contribution in [2.75, 3.05) is 14.1 Å². The van der Waals surface area contributed by atoms with Crippen LogP contribution < -0.4 is 0 Å². The molecule has 4 rings (SSSR count). The van der Waals surface area contributed by atoms with Gasteiger partial charge in [0.1, 0.15) is 11.1 Å². The fraction of sp³-hybridized carbons (Fsp3) is 0.217. The summed E-state index contributed by atoms with van der Waals surface area (Å²) in [7, 11) is 3.71. The lowest BCUT2D eigenvalue weighted by molar-refractivity contribution is -0.528. The Balaban J connectivity index is 1.88. The third-order valence-electron chi connectivity index (χ3n) is 5.33. The Morgan fingerprint density at radius 1 is 1.00 bits per heavy atom. The Hall–Kier alpha value is -2.70. The van der Waals surface area contributed by atoms with Crippen molar-refractivity contribution in [3.63, 3.8) is 0 Å². The summed E-state index contributed by atoms with van der Waals surface area (Å²) in [5.74, 6) is -0.298. The van der Waals surface area contributed by atoms with Crippen LogP contribution in [0.4, 0.5) is 4.39 Å². The largest absolute Gasteiger partial charge is 0.297 e. The maximum atomic E-state index is 13.4. The topological polar surface area (TPSA) is 46.4 Å². The summed E-state index contributed by atoms with van der Waals surface area (Å²) in [6.07, 6.45) is 1.94. The van der Waals surface area contributed by atoms with Crippen LogP contribution in [-0.2, 0) is 0 Å². The molecule has 3 atom stereocenters. The van der Waals surface area contributed by atoms with Gasteiger partial charge in [-0.1, -0.05) is 54.6 Å². The number of thioether (sulfide) groups is 1. The lowest BCUT2D eigenvalue weighted by Crippen LogP contribution is -2.46. The molecule has 0 radical (unpaired) electrons. The number of hydrogen-bond acceptors (Lipinski definition) is 4. The minimum atomic E-state index is -0.801. The molecule has 0 saturated heterocycles. The van der Waals surface area contributed by atoms with E-state index in [2.05, 4.69) is 0 Å². The number of nitro groups is 1. The SMILES string of the molecule is CN(C)[C@@H]1C=C(c2ccc(F)cc2)S[C@H](c2cccc3ccccc23)[C@@H]1[N+](=O)[O-]. The molecule has 0 amide bonds. The number of rotatable bonds is 4. The van der Waals surface area contributed by atoms with Gasteiger partial charge in [-0.25, -0.2) is 4.39 Å². The van der Waals surface area contributed by atoms with Gasteiger partial charge in [0.15, 0.2) is 0 Å². The predicted octanol–water partition coefficient (Wildman–Crippen LogP) is 5.38. The molecule has 6 heteroatoms. The standard InChI is InChI=1S/C23H21FN2O2S/c1-25(2)20-14-21(16-10-12-17(24)13-11-16)29-23(22(20)26(27)28)19-9-5-7-15-6-3-4-8-18(15)19/h3-14,20,22-23H,1-2H3/t20-,22-,23-/m1/s1. The van der Waals surface area contributed by atoms with Gasteiger partial charge < -0.3 is 0 Å². The van der Waals surface area contributed by atoms with Crippen molar-refractivity contribution in [1.29, 1.82) is 0 Å². The lowest BCUT2D eigenvalue weighted by Gasteiger charge is -2.35. The molecule has 0 aliphatic carbocycles. The highest BCUT2D eigenvalue weighted by molar-refractivity contribution is 8.08. The second-order valence-electron chi connectivity index (χ2n) is 7.37. The Morgan fingerprint density at radius 2 is 1.69 bits per heavy atom. The van der Waals surface area contributed by atoms with Gasteiger partial charge in [-0.05, 0) is 54.2 Å². The zero-order chi connectivity index (χ0) is 20.5. The molecule has 29 heavy (non-hydrogen) atoms. The van der Waals surface area contributed by atoms with E-state index in [4.69, 9.17) is 0 Å². The molecule has 148 valence electrons. The average molecular weight is 408 g/mol. The molecule has 0 bridgehead atoms. The third kappa shape index (κ3) is 3.78. The van der Waals surface area contributed by atoms with Crippen LogP contribution in [0.3, 0.4) is 0 Å². The predicted molar refractivity (Wildman–Crippen MR) is 117 cm³/mol. The summed E-state index contributed by atoms with van der Waals surface area (Å²) in [6.45, 7) is 0. The molecule has 3 aromatic rings. The summed E-state index contributed by atoms with van der Waals surface area (Å²) in [4.78, 5) is 14.8. The quantitative estimate of drug-likeness (QED) is 0.429. The zero-order valence-corrected chi connectivity index (χ0v) is 17.0. The van der Waals surface area contributed by atoms with Crippen LogP contribution in [0.25, 0.3) is 15.7 Å². The van der Waals surface area contributed by atoms with Crippen LogP contribution in [0.5, 0.6) is 0 Å². The highest BCUT2D eigenvalue weighted by Gasteiger charge is 2.45. The third-order valence-corrected chi connectivity index (χ3v) is 6.75. The summed E-state index contributed by atoms with van der Waals surface area (Å²) in [5.41, 5.74) is 1.82. The van der Waals surface area contributed by atoms with Crippen molar-refractivity contribution in [3.05, 3.63) is 99.9 Å². The van der Waals surface area contributed by atoms with Crippen molar-refractivity contribution in [2.45, 2.75) is 17.3 Å². The first-order chi connectivity index (χ1) is 14.0. The first-order valence-electron chi connectivity index (χ1n) is 9.37. The van der Waals surface area contributed by atoms with Crippen LogP contribution in [0, 0.1) is 15.9 Å². The highest BCUT2D eigenvalue weighted by atomic mass is 32.2. The number of fused-ring (bicyclic) bond motifs is 1. The van der Waals surface area contributed by atoms with Gasteiger partial charge in [0.2, 0.25) is 6.04 Å². The second kappa shape index (κ2) is 7.97. The molecule has 3 aromatic carbocycles. The molecular formula is C23H21FN2O2S. The zero-order valence-electron chi connectivity index (χ0n) is 16.2. The Morgan fingerprint density at radius 3 is 2.38 bits per heavy atom. The van der Waals surface area contributed by atoms with Gasteiger partial charge in [-0.2, -0.15) is 0 Å². The van der Waals surface area contributed by atoms with Crippen molar-refractivity contribution < 1.29 is 9.31 Å². The first-order valence-corrected chi connectivity index (χ1v) is 10.3. The van der Waals surface area contributed by atoms with E-state index in [1.165, 1.54) is 23.9 Å². The number of benzene rings is 3. The van der Waals surface area contributed by atoms with Crippen molar-refractivity contribution >= 4 is 27.4 Å². The number of likely N-dealkylation sites (N-methyl/N-ethyl adjacent to an activating group) is 1. The molecule has 1 aliphatic heterocycles. The fourth-order valence-electron chi connectivity index (χ4n) is 3.89. The normalized spacial score (nSPS) is 21.9. The maximum Gasteiger partial charge on any atom is 0.248 e. The Kier molecular flexibility index (Phi) is 5.39. The minimum absolute atomic E-state index is 0.165. The molecule has 0 spiro atoms. The molecule has 0 aromatic heterocycles. The van der Waals surface area contributed by atoms with Gasteiger partial charge in [0.05, 0.1) is 6.04 Å². The van der Waals surface area contributed by atoms with Gasteiger partial charge in [0, 0.05) is 9.83 Å². The monoisotopic (exact) mass is 408 g/mol. The van der Waals surface area contributed by atoms with Crippen LogP contribution in [0.15, 0.2) is 72.8 Å². The van der Waals surface area contributed by atoms with E-state index in [9.17, 15) is 14.5 Å². The Bertz CT molecular complexity index is 1080.